The fourth-order valence-corrected chi connectivity index (χ4v) is 7.79. The lowest BCUT2D eigenvalue weighted by atomic mass is 9.86. The average molecular weight is 728 g/mol. The zero-order valence-corrected chi connectivity index (χ0v) is 29.4. The van der Waals surface area contributed by atoms with Crippen molar-refractivity contribution in [1.82, 2.24) is 10.2 Å². The predicted octanol–water partition coefficient (Wildman–Crippen LogP) is 6.20. The number of carbonyl (C=O) groups is 2. The topological polar surface area (TPSA) is 121 Å². The number of hydrogen-bond acceptors (Lipinski definition) is 10. The number of aromatic nitrogens is 1. The number of aromatic amines is 1. The van der Waals surface area contributed by atoms with Gasteiger partial charge in [-0.15, -0.1) is 11.3 Å². The van der Waals surface area contributed by atoms with E-state index in [1.807, 2.05) is 6.07 Å². The second-order valence-electron chi connectivity index (χ2n) is 12.1. The molecule has 2 bridgehead atoms. The smallest absolute Gasteiger partial charge is 0.348 e. The summed E-state index contributed by atoms with van der Waals surface area (Å²) in [5, 5.41) is 14.3. The van der Waals surface area contributed by atoms with E-state index in [0.29, 0.717) is 49.0 Å². The van der Waals surface area contributed by atoms with Gasteiger partial charge in [0.2, 0.25) is 0 Å². The maximum atomic E-state index is 13.6. The highest BCUT2D eigenvalue weighted by molar-refractivity contribution is 7.13. The van der Waals surface area contributed by atoms with E-state index in [4.69, 9.17) is 42.1 Å². The van der Waals surface area contributed by atoms with Crippen molar-refractivity contribution in [3.05, 3.63) is 103 Å². The van der Waals surface area contributed by atoms with Gasteiger partial charge in [-0.25, -0.2) is 14.6 Å². The van der Waals surface area contributed by atoms with Crippen LogP contribution in [0.25, 0.3) is 0 Å². The number of H-pyrrole nitrogens is 1. The Hall–Kier alpha value is -3.87. The molecule has 258 valence electrons. The van der Waals surface area contributed by atoms with E-state index in [1.165, 1.54) is 18.4 Å². The number of thiophene rings is 1. The van der Waals surface area contributed by atoms with Crippen molar-refractivity contribution in [3.63, 3.8) is 0 Å². The molecule has 10 nitrogen and oxygen atoms in total. The number of ether oxygens (including phenoxy) is 4. The normalized spacial score (nSPS) is 19.6. The molecule has 3 N–H and O–H groups in total. The molecule has 3 aliphatic rings. The highest BCUT2D eigenvalue weighted by atomic mass is 35.5. The van der Waals surface area contributed by atoms with Gasteiger partial charge in [0.15, 0.2) is 23.9 Å². The first-order valence-corrected chi connectivity index (χ1v) is 17.6. The maximum absolute atomic E-state index is 13.6. The van der Waals surface area contributed by atoms with Crippen LogP contribution in [0.5, 0.6) is 17.2 Å². The number of carbonyl (C=O) groups excluding carboxylic acids is 2. The Morgan fingerprint density at radius 1 is 1.00 bits per heavy atom. The van der Waals surface area contributed by atoms with Gasteiger partial charge in [0.05, 0.1) is 14.2 Å². The van der Waals surface area contributed by atoms with Crippen molar-refractivity contribution in [2.45, 2.75) is 44.1 Å². The minimum Gasteiger partial charge on any atom is -0.508 e. The number of phenols is 1. The maximum Gasteiger partial charge on any atom is 0.348 e. The first-order chi connectivity index (χ1) is 23.7. The van der Waals surface area contributed by atoms with Crippen LogP contribution >= 0.6 is 34.5 Å². The van der Waals surface area contributed by atoms with Crippen LogP contribution in [0.2, 0.25) is 10.0 Å². The number of hydrogen-bond donors (Lipinski definition) is 2. The van der Waals surface area contributed by atoms with Gasteiger partial charge in [-0.05, 0) is 79.4 Å². The average Bonchev–Trinajstić information content (AvgIpc) is 3.59. The Morgan fingerprint density at radius 2 is 1.76 bits per heavy atom. The molecule has 2 aromatic carbocycles. The molecule has 3 aliphatic heterocycles. The molecule has 5 heterocycles. The zero-order valence-electron chi connectivity index (χ0n) is 27.1. The van der Waals surface area contributed by atoms with Crippen molar-refractivity contribution in [1.29, 1.82) is 0 Å². The van der Waals surface area contributed by atoms with Crippen LogP contribution in [0.1, 0.15) is 56.2 Å². The number of nitrogens with one attached hydrogen (secondary N) is 2. The van der Waals surface area contributed by atoms with Gasteiger partial charge in [0, 0.05) is 30.0 Å². The Balaban J connectivity index is 1.18. The van der Waals surface area contributed by atoms with Gasteiger partial charge < -0.3 is 24.1 Å². The summed E-state index contributed by atoms with van der Waals surface area (Å²) >= 11 is 14.2. The Kier molecular flexibility index (Phi) is 11.3. The van der Waals surface area contributed by atoms with Gasteiger partial charge in [0.1, 0.15) is 38.9 Å². The molecular weight excluding hydrogens is 689 g/mol. The lowest BCUT2D eigenvalue weighted by molar-refractivity contribution is -0.377. The fraction of sp³-hybridized carbons (Fsp3) is 0.361. The van der Waals surface area contributed by atoms with Crippen LogP contribution in [0.3, 0.4) is 0 Å². The molecule has 0 spiro atoms. The summed E-state index contributed by atoms with van der Waals surface area (Å²) in [6.07, 6.45) is 4.57. The third kappa shape index (κ3) is 8.30. The van der Waals surface area contributed by atoms with Crippen LogP contribution in [0.15, 0.2) is 67.0 Å². The van der Waals surface area contributed by atoms with E-state index in [1.54, 1.807) is 68.0 Å². The fourth-order valence-electron chi connectivity index (χ4n) is 6.41. The van der Waals surface area contributed by atoms with Gasteiger partial charge in [-0.1, -0.05) is 41.4 Å². The van der Waals surface area contributed by atoms with Gasteiger partial charge >= 0.3 is 11.9 Å². The molecule has 0 aliphatic carbocycles. The van der Waals surface area contributed by atoms with Crippen molar-refractivity contribution < 1.29 is 38.6 Å². The van der Waals surface area contributed by atoms with Crippen LogP contribution in [0.4, 0.5) is 0 Å². The van der Waals surface area contributed by atoms with E-state index in [2.05, 4.69) is 15.2 Å². The molecule has 3 atom stereocenters. The van der Waals surface area contributed by atoms with Gasteiger partial charge in [-0.3, -0.25) is 10.2 Å². The second kappa shape index (κ2) is 15.8. The van der Waals surface area contributed by atoms with Crippen LogP contribution in [-0.4, -0.2) is 61.9 Å². The van der Waals surface area contributed by atoms with Crippen molar-refractivity contribution >= 4 is 46.5 Å². The Labute approximate surface area is 298 Å². The van der Waals surface area contributed by atoms with Crippen molar-refractivity contribution in [2.24, 2.45) is 5.92 Å². The van der Waals surface area contributed by atoms with Crippen molar-refractivity contribution in [3.8, 4) is 17.2 Å². The number of benzene rings is 2. The van der Waals surface area contributed by atoms with Crippen LogP contribution in [0, 0.1) is 5.92 Å². The number of halogens is 2. The Bertz CT molecular complexity index is 1780. The third-order valence-corrected chi connectivity index (χ3v) is 10.8. The molecular formula is C36H38Cl2N3O7S+. The number of methoxy groups -OCH3 is 2. The molecule has 0 saturated carbocycles. The first-order valence-electron chi connectivity index (χ1n) is 16.0. The minimum absolute atomic E-state index is 0.0568. The number of pyridine rings is 1. The summed E-state index contributed by atoms with van der Waals surface area (Å²) in [4.78, 5) is 33.6. The molecule has 7 rings (SSSR count). The molecule has 3 saturated heterocycles. The van der Waals surface area contributed by atoms with E-state index in [-0.39, 0.29) is 24.8 Å². The number of piperidine rings is 3. The van der Waals surface area contributed by atoms with E-state index in [9.17, 15) is 14.7 Å². The van der Waals surface area contributed by atoms with Crippen LogP contribution < -0.4 is 19.8 Å². The first kappa shape index (κ1) is 35.0. The van der Waals surface area contributed by atoms with E-state index < -0.39 is 24.1 Å². The van der Waals surface area contributed by atoms with E-state index in [0.717, 1.165) is 37.4 Å². The number of nitrogens with zero attached hydrogens (tertiary/aromatic N) is 1. The molecule has 2 aromatic heterocycles. The number of rotatable bonds is 13. The number of aromatic hydroxyl groups is 1. The van der Waals surface area contributed by atoms with Gasteiger partial charge in [0.25, 0.3) is 0 Å². The summed E-state index contributed by atoms with van der Waals surface area (Å²) in [6.45, 7) is 3.10. The monoisotopic (exact) mass is 726 g/mol. The molecule has 49 heavy (non-hydrogen) atoms. The third-order valence-electron chi connectivity index (χ3n) is 9.06. The molecule has 3 fully saturated rings. The summed E-state index contributed by atoms with van der Waals surface area (Å²) in [5.74, 6) is 0.512. The molecule has 4 aromatic rings. The highest BCUT2D eigenvalue weighted by Crippen LogP contribution is 2.36. The van der Waals surface area contributed by atoms with Crippen molar-refractivity contribution in [2.75, 3.05) is 33.9 Å². The molecule has 13 heteroatoms. The number of esters is 2. The molecule has 0 amide bonds. The summed E-state index contributed by atoms with van der Waals surface area (Å²) < 4.78 is 23.1. The van der Waals surface area contributed by atoms with E-state index >= 15 is 0 Å². The Morgan fingerprint density at radius 3 is 2.43 bits per heavy atom. The van der Waals surface area contributed by atoms with Gasteiger partial charge in [-0.2, -0.15) is 0 Å². The molecule has 0 radical (unpaired) electrons. The lowest BCUT2D eigenvalue weighted by Gasteiger charge is -2.44. The zero-order chi connectivity index (χ0) is 34.5. The largest absolute Gasteiger partial charge is 0.508 e. The van der Waals surface area contributed by atoms with Crippen LogP contribution in [-0.2, 0) is 27.2 Å². The summed E-state index contributed by atoms with van der Waals surface area (Å²) in [6, 6.07) is 14.6. The minimum atomic E-state index is -0.813. The lowest BCUT2D eigenvalue weighted by Crippen LogP contribution is -2.52. The standard InChI is InChI=1S/C36H37Cl2N3O7S/c1-45-29-8-6-22(15-31(29)46-2)30(16-26-27(37)18-39-19-28(26)38)47-35(43)33-9-7-25(49-33)17-40-34(23-4-3-5-24(42)14-23)36(44)48-32-20-41-12-10-21(32)11-13-41/h3-9,14-15,18-19,21,30,32,34,40,42H,10-13,16-17,20H2,1-2H3/p+1/t30-,32-,34?/m0/s1. The highest BCUT2D eigenvalue weighted by Gasteiger charge is 2.38. The molecule has 1 unspecified atom stereocenters. The number of phenolic OH excluding ortho intramolecular Hbond substituents is 1. The summed E-state index contributed by atoms with van der Waals surface area (Å²) in [5.41, 5.74) is 1.88. The number of fused-ring (bicyclic) bond motifs is 3. The second-order valence-corrected chi connectivity index (χ2v) is 14.1. The summed E-state index contributed by atoms with van der Waals surface area (Å²) in [7, 11) is 3.08. The SMILES string of the molecule is COc1ccc([C@H](Cc2c(Cl)c[nH+]cc2Cl)OC(=O)c2ccc(CNC(C(=O)O[C@H]3CN4CCC3CC4)c3cccc(O)c3)s2)cc1OC. The quantitative estimate of drug-likeness (QED) is 0.155. The predicted molar refractivity (Wildman–Crippen MR) is 185 cm³/mol.